The number of carbonyl (C=O) groups excluding carboxylic acids is 1. The Labute approximate surface area is 139 Å². The van der Waals surface area contributed by atoms with Crippen molar-refractivity contribution in [3.05, 3.63) is 0 Å². The van der Waals surface area contributed by atoms with Crippen LogP contribution in [0.25, 0.3) is 0 Å². The molecule has 132 valence electrons. The average Bonchev–Trinajstić information content (AvgIpc) is 2.56. The fourth-order valence-electron chi connectivity index (χ4n) is 3.96. The van der Waals surface area contributed by atoms with Crippen molar-refractivity contribution in [2.24, 2.45) is 5.92 Å². The van der Waals surface area contributed by atoms with Crippen LogP contribution in [0, 0.1) is 5.92 Å². The predicted octanol–water partition coefficient (Wildman–Crippen LogP) is -0.103. The molecule has 3 aliphatic heterocycles. The molecule has 3 rings (SSSR count). The van der Waals surface area contributed by atoms with Gasteiger partial charge in [0.05, 0.1) is 18.8 Å². The quantitative estimate of drug-likeness (QED) is 0.756. The number of rotatable bonds is 4. The third-order valence-corrected chi connectivity index (χ3v) is 5.36. The zero-order valence-corrected chi connectivity index (χ0v) is 14.4. The summed E-state index contributed by atoms with van der Waals surface area (Å²) in [6.45, 7) is 10.5. The Morgan fingerprint density at radius 3 is 2.52 bits per heavy atom. The largest absolute Gasteiger partial charge is 0.373 e. The molecule has 2 unspecified atom stereocenters. The molecule has 0 aliphatic carbocycles. The van der Waals surface area contributed by atoms with Crippen LogP contribution in [0.5, 0.6) is 0 Å². The van der Waals surface area contributed by atoms with Crippen molar-refractivity contribution >= 4 is 5.91 Å². The van der Waals surface area contributed by atoms with Crippen LogP contribution in [0.2, 0.25) is 0 Å². The minimum absolute atomic E-state index is 0.314. The molecule has 3 aliphatic rings. The summed E-state index contributed by atoms with van der Waals surface area (Å²) in [5.74, 6) is 1.02. The molecule has 3 fully saturated rings. The fraction of sp³-hybridized carbons (Fsp3) is 0.941. The van der Waals surface area contributed by atoms with Gasteiger partial charge in [-0.3, -0.25) is 9.69 Å². The van der Waals surface area contributed by atoms with E-state index in [1.807, 2.05) is 0 Å². The van der Waals surface area contributed by atoms with Crippen molar-refractivity contribution in [2.75, 3.05) is 58.9 Å². The van der Waals surface area contributed by atoms with E-state index in [4.69, 9.17) is 4.74 Å². The number of carbonyl (C=O) groups is 1. The minimum Gasteiger partial charge on any atom is -0.373 e. The molecule has 0 saturated carbocycles. The molecule has 2 N–H and O–H groups in total. The van der Waals surface area contributed by atoms with E-state index in [1.165, 1.54) is 0 Å². The van der Waals surface area contributed by atoms with Crippen molar-refractivity contribution < 1.29 is 9.53 Å². The Hall–Kier alpha value is -0.690. The monoisotopic (exact) mass is 324 g/mol. The second kappa shape index (κ2) is 8.42. The van der Waals surface area contributed by atoms with Gasteiger partial charge >= 0.3 is 0 Å². The van der Waals surface area contributed by atoms with Gasteiger partial charge in [-0.05, 0) is 32.1 Å². The molecule has 23 heavy (non-hydrogen) atoms. The third kappa shape index (κ3) is 5.14. The van der Waals surface area contributed by atoms with Gasteiger partial charge in [-0.2, -0.15) is 0 Å². The number of likely N-dealkylation sites (tertiary alicyclic amines) is 1. The number of hydrogen-bond acceptors (Lipinski definition) is 5. The van der Waals surface area contributed by atoms with Gasteiger partial charge in [0.1, 0.15) is 0 Å². The second-order valence-corrected chi connectivity index (χ2v) is 7.31. The Morgan fingerprint density at radius 2 is 1.83 bits per heavy atom. The summed E-state index contributed by atoms with van der Waals surface area (Å²) in [5, 5.41) is 6.78. The van der Waals surface area contributed by atoms with E-state index in [0.717, 1.165) is 71.6 Å². The average molecular weight is 324 g/mol. The van der Waals surface area contributed by atoms with Gasteiger partial charge in [0.15, 0.2) is 0 Å². The number of ether oxygens (including phenoxy) is 1. The Kier molecular flexibility index (Phi) is 6.28. The lowest BCUT2D eigenvalue weighted by Crippen LogP contribution is -2.50. The maximum Gasteiger partial charge on any atom is 0.236 e. The predicted molar refractivity (Wildman–Crippen MR) is 90.4 cm³/mol. The number of morpholine rings is 1. The molecule has 6 heteroatoms. The molecule has 0 aromatic heterocycles. The number of amides is 1. The smallest absolute Gasteiger partial charge is 0.236 e. The van der Waals surface area contributed by atoms with Crippen LogP contribution in [-0.4, -0.2) is 86.8 Å². The summed E-state index contributed by atoms with van der Waals surface area (Å²) in [6.07, 6.45) is 4.07. The van der Waals surface area contributed by atoms with Crippen LogP contribution < -0.4 is 10.6 Å². The lowest BCUT2D eigenvalue weighted by Gasteiger charge is -2.37. The van der Waals surface area contributed by atoms with E-state index in [9.17, 15) is 4.79 Å². The van der Waals surface area contributed by atoms with E-state index in [-0.39, 0.29) is 0 Å². The van der Waals surface area contributed by atoms with Crippen LogP contribution in [0.3, 0.4) is 0 Å². The van der Waals surface area contributed by atoms with Crippen molar-refractivity contribution in [2.45, 2.75) is 38.4 Å². The van der Waals surface area contributed by atoms with E-state index in [2.05, 4.69) is 27.4 Å². The summed E-state index contributed by atoms with van der Waals surface area (Å²) in [4.78, 5) is 16.8. The van der Waals surface area contributed by atoms with Crippen molar-refractivity contribution in [3.8, 4) is 0 Å². The number of hydrogen-bond donors (Lipinski definition) is 2. The molecule has 3 heterocycles. The maximum absolute atomic E-state index is 12.4. The standard InChI is InChI=1S/C17H32N4O2/c1-14-11-19-12-16(23-14)10-15-2-6-21(7-3-15)17(22)13-20-8-4-18-5-9-20/h14-16,18-19H,2-13H2,1H3. The van der Waals surface area contributed by atoms with Crippen molar-refractivity contribution in [3.63, 3.8) is 0 Å². The first-order chi connectivity index (χ1) is 11.2. The first-order valence-electron chi connectivity index (χ1n) is 9.27. The number of nitrogens with one attached hydrogen (secondary N) is 2. The summed E-state index contributed by atoms with van der Waals surface area (Å²) >= 11 is 0. The summed E-state index contributed by atoms with van der Waals surface area (Å²) in [6, 6.07) is 0. The molecule has 1 amide bonds. The highest BCUT2D eigenvalue weighted by molar-refractivity contribution is 5.78. The van der Waals surface area contributed by atoms with Crippen LogP contribution in [0.15, 0.2) is 0 Å². The maximum atomic E-state index is 12.4. The van der Waals surface area contributed by atoms with Crippen LogP contribution >= 0.6 is 0 Å². The van der Waals surface area contributed by atoms with Crippen LogP contribution in [-0.2, 0) is 9.53 Å². The molecule has 0 spiro atoms. The van der Waals surface area contributed by atoms with Crippen molar-refractivity contribution in [1.82, 2.24) is 20.4 Å². The zero-order chi connectivity index (χ0) is 16.1. The summed E-state index contributed by atoms with van der Waals surface area (Å²) in [5.41, 5.74) is 0. The van der Waals surface area contributed by atoms with Crippen LogP contribution in [0.1, 0.15) is 26.2 Å². The molecule has 0 aromatic carbocycles. The molecule has 0 radical (unpaired) electrons. The van der Waals surface area contributed by atoms with Gasteiger partial charge in [-0.15, -0.1) is 0 Å². The zero-order valence-electron chi connectivity index (χ0n) is 14.4. The summed E-state index contributed by atoms with van der Waals surface area (Å²) in [7, 11) is 0. The molecule has 0 aromatic rings. The van der Waals surface area contributed by atoms with E-state index in [1.54, 1.807) is 0 Å². The lowest BCUT2D eigenvalue weighted by molar-refractivity contribution is -0.134. The Balaban J connectivity index is 1.36. The molecule has 6 nitrogen and oxygen atoms in total. The molecular formula is C17H32N4O2. The second-order valence-electron chi connectivity index (χ2n) is 7.31. The normalized spacial score (nSPS) is 31.3. The van der Waals surface area contributed by atoms with Gasteiger partial charge in [-0.1, -0.05) is 0 Å². The molecule has 3 saturated heterocycles. The van der Waals surface area contributed by atoms with E-state index < -0.39 is 0 Å². The first-order valence-corrected chi connectivity index (χ1v) is 9.27. The lowest BCUT2D eigenvalue weighted by atomic mass is 9.90. The van der Waals surface area contributed by atoms with Crippen molar-refractivity contribution in [1.29, 1.82) is 0 Å². The van der Waals surface area contributed by atoms with E-state index in [0.29, 0.717) is 30.6 Å². The third-order valence-electron chi connectivity index (χ3n) is 5.36. The minimum atomic E-state index is 0.314. The number of piperidine rings is 1. The van der Waals surface area contributed by atoms with Gasteiger partial charge in [0.25, 0.3) is 0 Å². The van der Waals surface area contributed by atoms with Gasteiger partial charge in [0.2, 0.25) is 5.91 Å². The highest BCUT2D eigenvalue weighted by Gasteiger charge is 2.28. The first kappa shape index (κ1) is 17.1. The van der Waals surface area contributed by atoms with E-state index >= 15 is 0 Å². The van der Waals surface area contributed by atoms with Gasteiger partial charge in [0, 0.05) is 52.4 Å². The highest BCUT2D eigenvalue weighted by atomic mass is 16.5. The topological polar surface area (TPSA) is 56.8 Å². The molecule has 2 atom stereocenters. The number of nitrogens with zero attached hydrogens (tertiary/aromatic N) is 2. The molecule has 0 bridgehead atoms. The fourth-order valence-corrected chi connectivity index (χ4v) is 3.96. The highest BCUT2D eigenvalue weighted by Crippen LogP contribution is 2.24. The van der Waals surface area contributed by atoms with Gasteiger partial charge in [-0.25, -0.2) is 0 Å². The Morgan fingerprint density at radius 1 is 1.09 bits per heavy atom. The molecular weight excluding hydrogens is 292 g/mol. The van der Waals surface area contributed by atoms with Crippen LogP contribution in [0.4, 0.5) is 0 Å². The van der Waals surface area contributed by atoms with Gasteiger partial charge < -0.3 is 20.3 Å². The summed E-state index contributed by atoms with van der Waals surface area (Å²) < 4.78 is 6.01. The Bertz CT molecular complexity index is 379. The number of piperazine rings is 1. The SMILES string of the molecule is CC1CNCC(CC2CCN(C(=O)CN3CCNCC3)CC2)O1.